The molecule has 130 valence electrons. The van der Waals surface area contributed by atoms with Gasteiger partial charge in [-0.25, -0.2) is 8.42 Å². The molecule has 2 aliphatic rings. The van der Waals surface area contributed by atoms with E-state index >= 15 is 0 Å². The molecule has 0 aromatic heterocycles. The number of carbonyl (C=O) groups excluding carboxylic acids is 1. The van der Waals surface area contributed by atoms with Crippen molar-refractivity contribution in [1.29, 1.82) is 0 Å². The van der Waals surface area contributed by atoms with Crippen molar-refractivity contribution in [3.8, 4) is 0 Å². The molecule has 2 atom stereocenters. The Balaban J connectivity index is 2.08. The predicted molar refractivity (Wildman–Crippen MR) is 94.2 cm³/mol. The van der Waals surface area contributed by atoms with E-state index < -0.39 is 15.6 Å². The van der Waals surface area contributed by atoms with Gasteiger partial charge in [0.1, 0.15) is 0 Å². The molecule has 1 heterocycles. The van der Waals surface area contributed by atoms with E-state index in [2.05, 4.69) is 6.58 Å². The number of Topliss-reactive ketones (excluding diaryl/α,β-unsaturated/α-hetero) is 1. The summed E-state index contributed by atoms with van der Waals surface area (Å²) in [5.41, 5.74) is 0.152. The van der Waals surface area contributed by atoms with Crippen LogP contribution < -0.4 is 0 Å². The van der Waals surface area contributed by atoms with Crippen molar-refractivity contribution in [2.45, 2.75) is 55.9 Å². The van der Waals surface area contributed by atoms with Gasteiger partial charge < -0.3 is 0 Å². The van der Waals surface area contributed by atoms with Crippen LogP contribution in [-0.2, 0) is 14.8 Å². The summed E-state index contributed by atoms with van der Waals surface area (Å²) in [6.45, 7) is 6.17. The summed E-state index contributed by atoms with van der Waals surface area (Å²) in [5.74, 6) is 0.128. The Morgan fingerprint density at radius 1 is 1.29 bits per heavy atom. The molecule has 0 amide bonds. The summed E-state index contributed by atoms with van der Waals surface area (Å²) in [6.07, 6.45) is 6.07. The molecule has 3 rings (SSSR count). The van der Waals surface area contributed by atoms with E-state index in [1.54, 1.807) is 24.3 Å². The van der Waals surface area contributed by atoms with Crippen LogP contribution in [0.1, 0.15) is 44.1 Å². The number of nitrogens with zero attached hydrogens (tertiary/aromatic N) is 1. The smallest absolute Gasteiger partial charge is 0.243 e. The van der Waals surface area contributed by atoms with Crippen LogP contribution in [0.2, 0.25) is 0 Å². The van der Waals surface area contributed by atoms with Crippen molar-refractivity contribution < 1.29 is 13.2 Å². The number of allylic oxidation sites excluding steroid dienone is 1. The van der Waals surface area contributed by atoms with Gasteiger partial charge >= 0.3 is 0 Å². The van der Waals surface area contributed by atoms with E-state index in [1.165, 1.54) is 4.31 Å². The molecule has 0 radical (unpaired) electrons. The van der Waals surface area contributed by atoms with Gasteiger partial charge in [-0.05, 0) is 57.1 Å². The third kappa shape index (κ3) is 2.64. The predicted octanol–water partition coefficient (Wildman–Crippen LogP) is 3.46. The maximum absolute atomic E-state index is 13.3. The molecule has 4 nitrogen and oxygen atoms in total. The van der Waals surface area contributed by atoms with Gasteiger partial charge in [-0.15, -0.1) is 6.58 Å². The Labute approximate surface area is 144 Å². The molecule has 5 heteroatoms. The fraction of sp³-hybridized carbons (Fsp3) is 0.526. The van der Waals surface area contributed by atoms with Crippen LogP contribution in [0.5, 0.6) is 0 Å². The normalized spacial score (nSPS) is 28.4. The summed E-state index contributed by atoms with van der Waals surface area (Å²) in [7, 11) is -3.68. The average molecular weight is 347 g/mol. The fourth-order valence-electron chi connectivity index (χ4n) is 4.38. The van der Waals surface area contributed by atoms with Crippen molar-refractivity contribution in [3.63, 3.8) is 0 Å². The van der Waals surface area contributed by atoms with Gasteiger partial charge in [0, 0.05) is 13.0 Å². The molecule has 1 saturated carbocycles. The van der Waals surface area contributed by atoms with Gasteiger partial charge in [-0.1, -0.05) is 23.8 Å². The quantitative estimate of drug-likeness (QED) is 0.784. The molecule has 1 aromatic carbocycles. The zero-order chi connectivity index (χ0) is 17.4. The first-order chi connectivity index (χ1) is 11.4. The molecular weight excluding hydrogens is 322 g/mol. The molecule has 0 unspecified atom stereocenters. The number of sulfonamides is 1. The van der Waals surface area contributed by atoms with Gasteiger partial charge in [0.05, 0.1) is 10.4 Å². The summed E-state index contributed by atoms with van der Waals surface area (Å²) in [6, 6.07) is 6.91. The second-order valence-corrected chi connectivity index (χ2v) is 8.82. The van der Waals surface area contributed by atoms with Crippen LogP contribution in [0.25, 0.3) is 0 Å². The molecule has 1 aliphatic heterocycles. The van der Waals surface area contributed by atoms with Crippen LogP contribution in [-0.4, -0.2) is 30.6 Å². The first-order valence-electron chi connectivity index (χ1n) is 8.66. The lowest BCUT2D eigenvalue weighted by molar-refractivity contribution is -0.130. The van der Waals surface area contributed by atoms with Crippen molar-refractivity contribution in [1.82, 2.24) is 4.31 Å². The highest BCUT2D eigenvalue weighted by Gasteiger charge is 2.57. The minimum atomic E-state index is -3.68. The minimum Gasteiger partial charge on any atom is -0.298 e. The van der Waals surface area contributed by atoms with E-state index in [9.17, 15) is 13.2 Å². The Bertz CT molecular complexity index is 738. The number of hydrogen-bond donors (Lipinski definition) is 0. The van der Waals surface area contributed by atoms with E-state index in [1.807, 2.05) is 13.0 Å². The Kier molecular flexibility index (Phi) is 4.67. The van der Waals surface area contributed by atoms with Crippen LogP contribution in [0.15, 0.2) is 41.8 Å². The van der Waals surface area contributed by atoms with Crippen LogP contribution in [0.4, 0.5) is 0 Å². The van der Waals surface area contributed by atoms with Crippen LogP contribution in [0, 0.1) is 12.8 Å². The minimum absolute atomic E-state index is 0.0407. The Hall–Kier alpha value is -1.46. The van der Waals surface area contributed by atoms with Crippen LogP contribution in [0.3, 0.4) is 0 Å². The van der Waals surface area contributed by atoms with Crippen LogP contribution >= 0.6 is 0 Å². The zero-order valence-electron chi connectivity index (χ0n) is 14.2. The van der Waals surface area contributed by atoms with Crippen molar-refractivity contribution >= 4 is 15.8 Å². The lowest BCUT2D eigenvalue weighted by Crippen LogP contribution is -2.61. The number of piperidine rings is 1. The van der Waals surface area contributed by atoms with E-state index in [4.69, 9.17) is 0 Å². The van der Waals surface area contributed by atoms with Gasteiger partial charge in [0.2, 0.25) is 10.0 Å². The Morgan fingerprint density at radius 2 is 2.00 bits per heavy atom. The standard InChI is InChI=1S/C19H25NO3S/c1-3-6-16-7-5-14-20(19(16)13-4-8-18(19)21)24(22,23)17-11-9-15(2)10-12-17/h3,9-12,16H,1,4-8,13-14H2,2H3/t16-,19+/m1/s1. The molecule has 1 saturated heterocycles. The number of hydrogen-bond acceptors (Lipinski definition) is 3. The third-order valence-electron chi connectivity index (χ3n) is 5.54. The highest BCUT2D eigenvalue weighted by molar-refractivity contribution is 7.89. The highest BCUT2D eigenvalue weighted by Crippen LogP contribution is 2.47. The summed E-state index contributed by atoms with van der Waals surface area (Å²) >= 11 is 0. The third-order valence-corrected chi connectivity index (χ3v) is 7.50. The Morgan fingerprint density at radius 3 is 2.58 bits per heavy atom. The fourth-order valence-corrected chi connectivity index (χ4v) is 6.25. The largest absolute Gasteiger partial charge is 0.298 e. The van der Waals surface area contributed by atoms with Crippen molar-refractivity contribution in [2.75, 3.05) is 6.54 Å². The first-order valence-corrected chi connectivity index (χ1v) is 10.1. The van der Waals surface area contributed by atoms with Crippen molar-refractivity contribution in [2.24, 2.45) is 5.92 Å². The number of benzene rings is 1. The van der Waals surface area contributed by atoms with Gasteiger partial charge in [-0.3, -0.25) is 4.79 Å². The van der Waals surface area contributed by atoms with E-state index in [0.717, 1.165) is 24.8 Å². The topological polar surface area (TPSA) is 54.5 Å². The molecule has 0 N–H and O–H groups in total. The number of aryl methyl sites for hydroxylation is 1. The molecule has 2 fully saturated rings. The molecule has 1 aliphatic carbocycles. The maximum Gasteiger partial charge on any atom is 0.243 e. The molecular formula is C19H25NO3S. The summed E-state index contributed by atoms with van der Waals surface area (Å²) in [4.78, 5) is 13.1. The average Bonchev–Trinajstić information content (AvgIpc) is 2.92. The zero-order valence-corrected chi connectivity index (χ0v) is 15.0. The number of ketones is 1. The molecule has 1 aromatic rings. The van der Waals surface area contributed by atoms with E-state index in [-0.39, 0.29) is 16.6 Å². The lowest BCUT2D eigenvalue weighted by atomic mass is 9.74. The monoisotopic (exact) mass is 347 g/mol. The first kappa shape index (κ1) is 17.4. The summed E-state index contributed by atoms with van der Waals surface area (Å²) in [5, 5.41) is 0. The second kappa shape index (κ2) is 6.45. The highest BCUT2D eigenvalue weighted by atomic mass is 32.2. The van der Waals surface area contributed by atoms with Gasteiger partial charge in [0.15, 0.2) is 5.78 Å². The SMILES string of the molecule is C=CC[C@@H]1CCCN(S(=O)(=O)c2ccc(C)cc2)[C@@]12CCCC2=O. The molecule has 0 bridgehead atoms. The van der Waals surface area contributed by atoms with Gasteiger partial charge in [0.25, 0.3) is 0 Å². The maximum atomic E-state index is 13.3. The lowest BCUT2D eigenvalue weighted by Gasteiger charge is -2.47. The number of rotatable bonds is 4. The van der Waals surface area contributed by atoms with E-state index in [0.29, 0.717) is 25.8 Å². The van der Waals surface area contributed by atoms with Gasteiger partial charge in [-0.2, -0.15) is 4.31 Å². The van der Waals surface area contributed by atoms with Crippen molar-refractivity contribution in [3.05, 3.63) is 42.5 Å². The number of carbonyl (C=O) groups is 1. The summed E-state index contributed by atoms with van der Waals surface area (Å²) < 4.78 is 28.1. The second-order valence-electron chi connectivity index (χ2n) is 6.95. The molecule has 24 heavy (non-hydrogen) atoms. The molecule has 1 spiro atoms.